The van der Waals surface area contributed by atoms with Gasteiger partial charge in [0.15, 0.2) is 11.9 Å². The summed E-state index contributed by atoms with van der Waals surface area (Å²) in [4.78, 5) is 12.3. The van der Waals surface area contributed by atoms with E-state index in [1.54, 1.807) is 11.6 Å². The van der Waals surface area contributed by atoms with E-state index in [2.05, 4.69) is 24.2 Å². The predicted molar refractivity (Wildman–Crippen MR) is 95.8 cm³/mol. The fourth-order valence-corrected chi connectivity index (χ4v) is 3.84. The highest BCUT2D eigenvalue weighted by molar-refractivity contribution is 7.84. The zero-order valence-electron chi connectivity index (χ0n) is 14.0. The minimum atomic E-state index is -4.24. The largest absolute Gasteiger partial charge is 0.387 e. The Morgan fingerprint density at radius 3 is 2.75 bits per heavy atom. The predicted octanol–water partition coefficient (Wildman–Crippen LogP) is -1.63. The zero-order valence-corrected chi connectivity index (χ0v) is 15.6. The van der Waals surface area contributed by atoms with Crippen molar-refractivity contribution in [3.05, 3.63) is 17.9 Å². The molecular formula is C13H15N7O6S2. The Bertz CT molecular complexity index is 1100. The average molecular weight is 429 g/mol. The lowest BCUT2D eigenvalue weighted by Crippen LogP contribution is -2.35. The fraction of sp³-hybridized carbons (Fsp3) is 0.385. The molecular weight excluding hydrogens is 414 g/mol. The molecule has 0 aliphatic carbocycles. The molecule has 150 valence electrons. The van der Waals surface area contributed by atoms with Gasteiger partial charge < -0.3 is 20.7 Å². The number of fused-ring (bicyclic) bond motifs is 1. The molecule has 1 aliphatic rings. The van der Waals surface area contributed by atoms with Crippen LogP contribution in [0.15, 0.2) is 17.9 Å². The maximum Gasteiger partial charge on any atom is 0.333 e. The molecule has 1 aliphatic heterocycles. The summed E-state index contributed by atoms with van der Waals surface area (Å²) in [5, 5.41) is 32.5. The van der Waals surface area contributed by atoms with Crippen molar-refractivity contribution in [2.45, 2.75) is 24.5 Å². The summed E-state index contributed by atoms with van der Waals surface area (Å²) < 4.78 is 33.2. The Labute approximate surface area is 161 Å². The first kappa shape index (κ1) is 19.1. The van der Waals surface area contributed by atoms with Crippen LogP contribution in [0.2, 0.25) is 0 Å². The summed E-state index contributed by atoms with van der Waals surface area (Å²) in [5.41, 5.74) is 6.62. The normalized spacial score (nSPS) is 25.5. The number of nitrogen functional groups attached to an aromatic ring is 1. The number of nitrogens with zero attached hydrogens (tertiary/aromatic N) is 5. The summed E-state index contributed by atoms with van der Waals surface area (Å²) in [6.07, 6.45) is -2.43. The number of nitrogens with two attached hydrogens (primary N) is 2. The topological polar surface area (TPSA) is 202 Å². The lowest BCUT2D eigenvalue weighted by molar-refractivity contribution is -0.0525. The number of aromatic nitrogens is 5. The molecule has 0 spiro atoms. The van der Waals surface area contributed by atoms with Gasteiger partial charge in [0, 0.05) is 11.6 Å². The third-order valence-electron chi connectivity index (χ3n) is 4.13. The molecule has 1 fully saturated rings. The van der Waals surface area contributed by atoms with Gasteiger partial charge in [-0.3, -0.25) is 4.18 Å². The van der Waals surface area contributed by atoms with E-state index in [0.717, 1.165) is 0 Å². The highest BCUT2D eigenvalue weighted by Gasteiger charge is 2.45. The molecule has 4 atom stereocenters. The van der Waals surface area contributed by atoms with Crippen LogP contribution in [-0.4, -0.2) is 68.3 Å². The number of hydrogen-bond donors (Lipinski definition) is 4. The Hall–Kier alpha value is -2.27. The molecule has 3 aromatic rings. The molecule has 0 amide bonds. The number of thiazole rings is 1. The van der Waals surface area contributed by atoms with Crippen molar-refractivity contribution in [1.82, 2.24) is 24.7 Å². The van der Waals surface area contributed by atoms with Gasteiger partial charge in [-0.2, -0.15) is 13.5 Å². The highest BCUT2D eigenvalue weighted by atomic mass is 32.2. The molecule has 4 rings (SSSR count). The molecule has 15 heteroatoms. The van der Waals surface area contributed by atoms with E-state index in [-0.39, 0.29) is 11.5 Å². The number of aliphatic hydroxyl groups excluding tert-OH is 2. The van der Waals surface area contributed by atoms with Crippen molar-refractivity contribution in [3.63, 3.8) is 0 Å². The molecule has 0 bridgehead atoms. The summed E-state index contributed by atoms with van der Waals surface area (Å²) in [6, 6.07) is 0. The van der Waals surface area contributed by atoms with Crippen molar-refractivity contribution in [2.24, 2.45) is 5.14 Å². The second kappa shape index (κ2) is 6.96. The summed E-state index contributed by atoms with van der Waals surface area (Å²) in [6.45, 7) is -0.580. The minimum Gasteiger partial charge on any atom is -0.387 e. The lowest BCUT2D eigenvalue weighted by Gasteiger charge is -2.15. The van der Waals surface area contributed by atoms with Crippen LogP contribution in [0.1, 0.15) is 6.23 Å². The molecule has 4 heterocycles. The first-order chi connectivity index (χ1) is 13.3. The minimum absolute atomic E-state index is 0.156. The van der Waals surface area contributed by atoms with Crippen LogP contribution in [0.3, 0.4) is 0 Å². The Kier molecular flexibility index (Phi) is 4.74. The fourth-order valence-electron chi connectivity index (χ4n) is 2.89. The zero-order chi connectivity index (χ0) is 20.1. The van der Waals surface area contributed by atoms with Gasteiger partial charge in [-0.25, -0.2) is 24.8 Å². The van der Waals surface area contributed by atoms with Crippen molar-refractivity contribution < 1.29 is 27.6 Å². The Morgan fingerprint density at radius 2 is 2.07 bits per heavy atom. The van der Waals surface area contributed by atoms with E-state index in [0.29, 0.717) is 16.1 Å². The maximum absolute atomic E-state index is 11.0. The Balaban J connectivity index is 1.74. The van der Waals surface area contributed by atoms with Crippen molar-refractivity contribution in [1.29, 1.82) is 0 Å². The molecule has 28 heavy (non-hydrogen) atoms. The van der Waals surface area contributed by atoms with Gasteiger partial charge in [-0.15, -0.1) is 11.3 Å². The van der Waals surface area contributed by atoms with E-state index in [1.165, 1.54) is 22.3 Å². The molecule has 3 aromatic heterocycles. The van der Waals surface area contributed by atoms with Crippen molar-refractivity contribution in [3.8, 4) is 10.7 Å². The first-order valence-electron chi connectivity index (χ1n) is 7.83. The summed E-state index contributed by atoms with van der Waals surface area (Å²) in [7, 11) is -4.24. The number of ether oxygens (including phenoxy) is 1. The smallest absolute Gasteiger partial charge is 0.333 e. The van der Waals surface area contributed by atoms with E-state index in [4.69, 9.17) is 15.6 Å². The molecule has 6 N–H and O–H groups in total. The standard InChI is InChI=1S/C13H15N7O6S2/c14-10-6-7(12-16-1-2-27-12)19-20(11(6)18-4-17-10)13-9(22)8(21)5(26-13)3-25-28(15,23)24/h1-2,4-5,8-9,13,21-22H,3H2,(H2,14,17,18)(H2,15,23,24)/t5-,8-,9-,13-/m1/s1. The molecule has 0 saturated carbocycles. The quantitative estimate of drug-likeness (QED) is 0.362. The van der Waals surface area contributed by atoms with Gasteiger partial charge in [-0.1, -0.05) is 0 Å². The van der Waals surface area contributed by atoms with Crippen LogP contribution >= 0.6 is 11.3 Å². The van der Waals surface area contributed by atoms with Crippen LogP contribution in [0.25, 0.3) is 21.7 Å². The number of hydrogen-bond acceptors (Lipinski definition) is 12. The van der Waals surface area contributed by atoms with Crippen molar-refractivity contribution >= 4 is 38.5 Å². The van der Waals surface area contributed by atoms with E-state index in [1.807, 2.05) is 0 Å². The molecule has 13 nitrogen and oxygen atoms in total. The van der Waals surface area contributed by atoms with Gasteiger partial charge in [0.1, 0.15) is 41.2 Å². The van der Waals surface area contributed by atoms with Gasteiger partial charge in [0.2, 0.25) is 0 Å². The van der Waals surface area contributed by atoms with Gasteiger partial charge in [-0.05, 0) is 0 Å². The second-order valence-corrected chi connectivity index (χ2v) is 8.03. The first-order valence-corrected chi connectivity index (χ1v) is 10.2. The van der Waals surface area contributed by atoms with Crippen LogP contribution in [0.4, 0.5) is 5.82 Å². The second-order valence-electron chi connectivity index (χ2n) is 5.91. The van der Waals surface area contributed by atoms with Crippen LogP contribution in [0, 0.1) is 0 Å². The molecule has 1 saturated heterocycles. The third-order valence-corrected chi connectivity index (χ3v) is 5.37. The number of rotatable bonds is 5. The van der Waals surface area contributed by atoms with Crippen LogP contribution < -0.4 is 10.9 Å². The van der Waals surface area contributed by atoms with Gasteiger partial charge >= 0.3 is 10.3 Å². The average Bonchev–Trinajstić information content (AvgIpc) is 3.33. The monoisotopic (exact) mass is 429 g/mol. The third kappa shape index (κ3) is 3.32. The van der Waals surface area contributed by atoms with E-state index in [9.17, 15) is 18.6 Å². The molecule has 0 aromatic carbocycles. The number of aliphatic hydroxyl groups is 2. The van der Waals surface area contributed by atoms with Crippen LogP contribution in [0.5, 0.6) is 0 Å². The molecule has 0 unspecified atom stereocenters. The van der Waals surface area contributed by atoms with E-state index < -0.39 is 41.5 Å². The Morgan fingerprint density at radius 1 is 1.29 bits per heavy atom. The van der Waals surface area contributed by atoms with E-state index >= 15 is 0 Å². The highest BCUT2D eigenvalue weighted by Crippen LogP contribution is 2.36. The SMILES string of the molecule is Nc1ncnc2c1c(-c1nccs1)nn2[C@@H]1O[C@H](COS(N)(=O)=O)[C@@H](O)[C@H]1O. The summed E-state index contributed by atoms with van der Waals surface area (Å²) in [5.74, 6) is 0.156. The van der Waals surface area contributed by atoms with Crippen molar-refractivity contribution in [2.75, 3.05) is 12.3 Å². The number of anilines is 1. The van der Waals surface area contributed by atoms with Crippen LogP contribution in [-0.2, 0) is 19.2 Å². The lowest BCUT2D eigenvalue weighted by atomic mass is 10.1. The summed E-state index contributed by atoms with van der Waals surface area (Å²) >= 11 is 1.32. The maximum atomic E-state index is 11.0. The van der Waals surface area contributed by atoms with Gasteiger partial charge in [0.25, 0.3) is 0 Å². The molecule has 0 radical (unpaired) electrons. The van der Waals surface area contributed by atoms with Gasteiger partial charge in [0.05, 0.1) is 12.0 Å².